The maximum absolute atomic E-state index is 13.7. The van der Waals surface area contributed by atoms with Crippen LogP contribution in [0.15, 0.2) is 25.8 Å². The van der Waals surface area contributed by atoms with Crippen LogP contribution in [0.1, 0.15) is 24.5 Å². The van der Waals surface area contributed by atoms with E-state index >= 15 is 0 Å². The molecule has 2 nitrogen and oxygen atoms in total. The maximum Gasteiger partial charge on any atom is 0.195 e. The first-order valence-corrected chi connectivity index (χ1v) is 5.98. The normalized spacial score (nSPS) is 15.5. The highest BCUT2D eigenvalue weighted by molar-refractivity contribution is 9.10. The molecule has 1 aromatic heterocycles. The number of hydrogen-bond acceptors (Lipinski definition) is 2. The van der Waals surface area contributed by atoms with Gasteiger partial charge in [-0.3, -0.25) is 4.79 Å². The summed E-state index contributed by atoms with van der Waals surface area (Å²) in [6.45, 7) is 0. The number of rotatable bonds is 1. The van der Waals surface area contributed by atoms with Gasteiger partial charge in [-0.05, 0) is 28.8 Å². The molecular formula is C12H7BrF2O2. The standard InChI is InChI=1S/C12H7BrF2O2/c13-11-6(14)3-9-10(12(11)15)7(16)4-8(17-9)5-1-2-5/h3-5H,1-2H2. The van der Waals surface area contributed by atoms with Gasteiger partial charge in [-0.15, -0.1) is 0 Å². The third kappa shape index (κ3) is 1.69. The van der Waals surface area contributed by atoms with Gasteiger partial charge >= 0.3 is 0 Å². The molecule has 0 spiro atoms. The zero-order valence-corrected chi connectivity index (χ0v) is 10.2. The minimum atomic E-state index is -0.906. The first kappa shape index (κ1) is 10.9. The molecule has 1 fully saturated rings. The summed E-state index contributed by atoms with van der Waals surface area (Å²) in [6.07, 6.45) is 1.91. The first-order chi connectivity index (χ1) is 8.08. The molecule has 0 atom stereocenters. The molecule has 1 aliphatic rings. The van der Waals surface area contributed by atoms with Crippen LogP contribution in [0.25, 0.3) is 11.0 Å². The molecule has 0 N–H and O–H groups in total. The van der Waals surface area contributed by atoms with E-state index in [0.717, 1.165) is 18.9 Å². The predicted molar refractivity (Wildman–Crippen MR) is 62.1 cm³/mol. The van der Waals surface area contributed by atoms with Crippen molar-refractivity contribution in [2.24, 2.45) is 0 Å². The van der Waals surface area contributed by atoms with Gasteiger partial charge in [0, 0.05) is 18.1 Å². The van der Waals surface area contributed by atoms with Crippen LogP contribution in [0.4, 0.5) is 8.78 Å². The molecule has 0 amide bonds. The summed E-state index contributed by atoms with van der Waals surface area (Å²) in [6, 6.07) is 2.34. The van der Waals surface area contributed by atoms with Crippen LogP contribution in [0.5, 0.6) is 0 Å². The second-order valence-electron chi connectivity index (χ2n) is 4.15. The lowest BCUT2D eigenvalue weighted by Gasteiger charge is -2.04. The van der Waals surface area contributed by atoms with Crippen LogP contribution < -0.4 is 5.43 Å². The molecule has 88 valence electrons. The predicted octanol–water partition coefficient (Wildman–Crippen LogP) is 3.71. The Bertz CT molecular complexity index is 674. The molecule has 0 aliphatic heterocycles. The van der Waals surface area contributed by atoms with Crippen molar-refractivity contribution in [1.82, 2.24) is 0 Å². The van der Waals surface area contributed by atoms with E-state index in [9.17, 15) is 13.6 Å². The molecular weight excluding hydrogens is 294 g/mol. The Balaban J connectivity index is 2.39. The molecule has 0 radical (unpaired) electrons. The molecule has 0 bridgehead atoms. The summed E-state index contributed by atoms with van der Waals surface area (Å²) in [7, 11) is 0. The van der Waals surface area contributed by atoms with Crippen molar-refractivity contribution in [2.45, 2.75) is 18.8 Å². The van der Waals surface area contributed by atoms with Gasteiger partial charge in [0.25, 0.3) is 0 Å². The largest absolute Gasteiger partial charge is 0.460 e. The van der Waals surface area contributed by atoms with Crippen molar-refractivity contribution in [2.75, 3.05) is 0 Å². The Labute approximate surface area is 103 Å². The van der Waals surface area contributed by atoms with Gasteiger partial charge in [-0.1, -0.05) is 0 Å². The molecule has 1 saturated carbocycles. The fourth-order valence-electron chi connectivity index (χ4n) is 1.81. The van der Waals surface area contributed by atoms with Gasteiger partial charge in [0.2, 0.25) is 0 Å². The monoisotopic (exact) mass is 300 g/mol. The van der Waals surface area contributed by atoms with E-state index in [-0.39, 0.29) is 21.4 Å². The maximum atomic E-state index is 13.7. The van der Waals surface area contributed by atoms with Crippen LogP contribution in [-0.4, -0.2) is 0 Å². The van der Waals surface area contributed by atoms with Crippen LogP contribution in [0, 0.1) is 11.6 Å². The summed E-state index contributed by atoms with van der Waals surface area (Å²) in [4.78, 5) is 11.8. The number of hydrogen-bond donors (Lipinski definition) is 0. The van der Waals surface area contributed by atoms with Gasteiger partial charge < -0.3 is 4.42 Å². The van der Waals surface area contributed by atoms with E-state index in [1.165, 1.54) is 6.07 Å². The molecule has 0 saturated heterocycles. The molecule has 1 aliphatic carbocycles. The lowest BCUT2D eigenvalue weighted by Crippen LogP contribution is -2.05. The molecule has 3 rings (SSSR count). The Hall–Kier alpha value is -1.23. The van der Waals surface area contributed by atoms with Crippen LogP contribution >= 0.6 is 15.9 Å². The zero-order valence-electron chi connectivity index (χ0n) is 8.60. The van der Waals surface area contributed by atoms with Crippen molar-refractivity contribution in [1.29, 1.82) is 0 Å². The summed E-state index contributed by atoms with van der Waals surface area (Å²) in [5, 5.41) is -0.206. The summed E-state index contributed by atoms with van der Waals surface area (Å²) in [5.41, 5.74) is -0.496. The SMILES string of the molecule is O=c1cc(C2CC2)oc2cc(F)c(Br)c(F)c12. The Morgan fingerprint density at radius 3 is 2.65 bits per heavy atom. The molecule has 17 heavy (non-hydrogen) atoms. The molecule has 0 unspecified atom stereocenters. The second-order valence-corrected chi connectivity index (χ2v) is 4.94. The van der Waals surface area contributed by atoms with E-state index in [2.05, 4.69) is 15.9 Å². The first-order valence-electron chi connectivity index (χ1n) is 5.19. The summed E-state index contributed by atoms with van der Waals surface area (Å²) < 4.78 is 32.1. The number of benzene rings is 1. The lowest BCUT2D eigenvalue weighted by atomic mass is 10.2. The van der Waals surface area contributed by atoms with E-state index in [1.54, 1.807) is 0 Å². The van der Waals surface area contributed by atoms with E-state index < -0.39 is 17.1 Å². The summed E-state index contributed by atoms with van der Waals surface area (Å²) >= 11 is 2.76. The van der Waals surface area contributed by atoms with Gasteiger partial charge in [0.1, 0.15) is 22.5 Å². The molecule has 1 aromatic carbocycles. The van der Waals surface area contributed by atoms with Gasteiger partial charge in [-0.25, -0.2) is 8.78 Å². The van der Waals surface area contributed by atoms with Crippen LogP contribution in [-0.2, 0) is 0 Å². The van der Waals surface area contributed by atoms with E-state index in [0.29, 0.717) is 5.76 Å². The van der Waals surface area contributed by atoms with Gasteiger partial charge in [0.05, 0.1) is 4.47 Å². The van der Waals surface area contributed by atoms with Crippen LogP contribution in [0.3, 0.4) is 0 Å². The smallest absolute Gasteiger partial charge is 0.195 e. The number of fused-ring (bicyclic) bond motifs is 1. The van der Waals surface area contributed by atoms with Crippen LogP contribution in [0.2, 0.25) is 0 Å². The molecule has 5 heteroatoms. The Morgan fingerprint density at radius 1 is 1.29 bits per heavy atom. The molecule has 1 heterocycles. The highest BCUT2D eigenvalue weighted by atomic mass is 79.9. The Kier molecular flexibility index (Phi) is 2.33. The minimum absolute atomic E-state index is 0.0300. The minimum Gasteiger partial charge on any atom is -0.460 e. The van der Waals surface area contributed by atoms with Crippen molar-refractivity contribution in [3.05, 3.63) is 44.2 Å². The third-order valence-corrected chi connectivity index (χ3v) is 3.58. The van der Waals surface area contributed by atoms with Gasteiger partial charge in [-0.2, -0.15) is 0 Å². The second kappa shape index (κ2) is 3.63. The molecule has 2 aromatic rings. The topological polar surface area (TPSA) is 30.2 Å². The van der Waals surface area contributed by atoms with Crippen molar-refractivity contribution in [3.8, 4) is 0 Å². The van der Waals surface area contributed by atoms with E-state index in [1.807, 2.05) is 0 Å². The lowest BCUT2D eigenvalue weighted by molar-refractivity contribution is 0.524. The zero-order chi connectivity index (χ0) is 12.2. The highest BCUT2D eigenvalue weighted by Crippen LogP contribution is 2.40. The Morgan fingerprint density at radius 2 is 2.00 bits per heavy atom. The van der Waals surface area contributed by atoms with E-state index in [4.69, 9.17) is 4.42 Å². The van der Waals surface area contributed by atoms with Gasteiger partial charge in [0.15, 0.2) is 11.2 Å². The average molecular weight is 301 g/mol. The average Bonchev–Trinajstić information content (AvgIpc) is 3.08. The fraction of sp³-hybridized carbons (Fsp3) is 0.250. The number of halogens is 3. The van der Waals surface area contributed by atoms with Crippen molar-refractivity contribution >= 4 is 26.9 Å². The highest BCUT2D eigenvalue weighted by Gasteiger charge is 2.28. The third-order valence-electron chi connectivity index (χ3n) is 2.85. The fourth-order valence-corrected chi connectivity index (χ4v) is 2.12. The van der Waals surface area contributed by atoms with Crippen molar-refractivity contribution in [3.63, 3.8) is 0 Å². The quantitative estimate of drug-likeness (QED) is 0.752. The summed E-state index contributed by atoms with van der Waals surface area (Å²) in [5.74, 6) is -0.937. The van der Waals surface area contributed by atoms with Crippen molar-refractivity contribution < 1.29 is 13.2 Å².